The van der Waals surface area contributed by atoms with Gasteiger partial charge in [0.1, 0.15) is 5.82 Å². The highest BCUT2D eigenvalue weighted by Gasteiger charge is 2.31. The van der Waals surface area contributed by atoms with Crippen molar-refractivity contribution in [2.24, 2.45) is 5.16 Å². The number of esters is 1. The Bertz CT molecular complexity index is 955. The molecule has 2 aromatic rings. The lowest BCUT2D eigenvalue weighted by Gasteiger charge is -2.37. The van der Waals surface area contributed by atoms with Crippen molar-refractivity contribution < 1.29 is 23.9 Å². The fraction of sp³-hybridized carbons (Fsp3) is 0.429. The topological polar surface area (TPSA) is 100 Å². The Morgan fingerprint density at radius 1 is 1.29 bits per heavy atom. The monoisotopic (exact) mass is 429 g/mol. The summed E-state index contributed by atoms with van der Waals surface area (Å²) in [5.74, 6) is -0.156. The first-order valence-electron chi connectivity index (χ1n) is 10.1. The Morgan fingerprint density at radius 3 is 2.71 bits per heavy atom. The van der Waals surface area contributed by atoms with Gasteiger partial charge in [-0.3, -0.25) is 9.69 Å². The summed E-state index contributed by atoms with van der Waals surface area (Å²) >= 11 is 0. The van der Waals surface area contributed by atoms with Crippen LogP contribution in [0, 0.1) is 5.82 Å². The smallest absolute Gasteiger partial charge is 0.320 e. The Kier molecular flexibility index (Phi) is 6.38. The molecule has 2 fully saturated rings. The fourth-order valence-electron chi connectivity index (χ4n) is 3.40. The van der Waals surface area contributed by atoms with Crippen LogP contribution in [0.4, 0.5) is 10.3 Å². The van der Waals surface area contributed by atoms with Gasteiger partial charge in [-0.15, -0.1) is 0 Å². The SMILES string of the molecule is CCOC(=O)CN1CC(ON=C2CN(c3ncc(-c4cccc(CO)c4F)cn3)C2)C1. The maximum absolute atomic E-state index is 14.4. The second-order valence-electron chi connectivity index (χ2n) is 7.45. The molecular weight excluding hydrogens is 405 g/mol. The average Bonchev–Trinajstić information content (AvgIpc) is 2.71. The van der Waals surface area contributed by atoms with Crippen LogP contribution in [0.3, 0.4) is 0 Å². The number of likely N-dealkylation sites (tertiary alicyclic amines) is 1. The molecule has 1 aromatic carbocycles. The van der Waals surface area contributed by atoms with Gasteiger partial charge in [0, 0.05) is 42.2 Å². The molecule has 3 heterocycles. The van der Waals surface area contributed by atoms with Crippen LogP contribution < -0.4 is 4.90 Å². The highest BCUT2D eigenvalue weighted by molar-refractivity contribution is 5.98. The van der Waals surface area contributed by atoms with Crippen molar-refractivity contribution in [2.75, 3.05) is 44.2 Å². The summed E-state index contributed by atoms with van der Waals surface area (Å²) < 4.78 is 19.3. The summed E-state index contributed by atoms with van der Waals surface area (Å²) in [6.45, 7) is 4.52. The lowest BCUT2D eigenvalue weighted by Crippen LogP contribution is -2.54. The molecule has 2 saturated heterocycles. The number of aliphatic hydroxyl groups is 1. The number of aromatic nitrogens is 2. The third-order valence-corrected chi connectivity index (χ3v) is 5.14. The Balaban J connectivity index is 1.24. The van der Waals surface area contributed by atoms with Crippen molar-refractivity contribution in [1.29, 1.82) is 0 Å². The van der Waals surface area contributed by atoms with E-state index < -0.39 is 5.82 Å². The number of hydrogen-bond acceptors (Lipinski definition) is 9. The van der Waals surface area contributed by atoms with Gasteiger partial charge in [-0.25, -0.2) is 14.4 Å². The van der Waals surface area contributed by atoms with Crippen molar-refractivity contribution in [3.63, 3.8) is 0 Å². The number of aliphatic hydroxyl groups excluding tert-OH is 1. The van der Waals surface area contributed by atoms with Gasteiger partial charge >= 0.3 is 5.97 Å². The molecule has 0 saturated carbocycles. The van der Waals surface area contributed by atoms with Crippen LogP contribution in [0.15, 0.2) is 35.7 Å². The Labute approximate surface area is 179 Å². The van der Waals surface area contributed by atoms with Crippen molar-refractivity contribution in [3.8, 4) is 11.1 Å². The van der Waals surface area contributed by atoms with Crippen molar-refractivity contribution in [2.45, 2.75) is 19.6 Å². The van der Waals surface area contributed by atoms with Gasteiger partial charge in [-0.1, -0.05) is 23.4 Å². The molecule has 2 aliphatic rings. The standard InChI is InChI=1S/C21H24FN5O4/c1-2-30-19(29)12-26-10-17(11-26)31-25-16-8-27(9-16)21-23-6-15(7-24-21)18-5-3-4-14(13-28)20(18)22/h3-7,17,28H,2,8-13H2,1H3. The molecule has 4 rings (SSSR count). The summed E-state index contributed by atoms with van der Waals surface area (Å²) in [7, 11) is 0. The van der Waals surface area contributed by atoms with Gasteiger partial charge in [-0.05, 0) is 6.92 Å². The first kappa shape index (κ1) is 21.1. The zero-order valence-electron chi connectivity index (χ0n) is 17.2. The molecule has 0 unspecified atom stereocenters. The quantitative estimate of drug-likeness (QED) is 0.494. The van der Waals surface area contributed by atoms with Crippen LogP contribution in [-0.4, -0.2) is 77.1 Å². The van der Waals surface area contributed by atoms with E-state index >= 15 is 0 Å². The molecule has 0 spiro atoms. The second-order valence-corrected chi connectivity index (χ2v) is 7.45. The average molecular weight is 429 g/mol. The molecule has 0 amide bonds. The molecule has 164 valence electrons. The minimum absolute atomic E-state index is 0.0175. The predicted molar refractivity (Wildman–Crippen MR) is 111 cm³/mol. The molecule has 0 aliphatic carbocycles. The van der Waals surface area contributed by atoms with Crippen molar-refractivity contribution in [1.82, 2.24) is 14.9 Å². The number of nitrogens with zero attached hydrogens (tertiary/aromatic N) is 5. The predicted octanol–water partition coefficient (Wildman–Crippen LogP) is 1.21. The van der Waals surface area contributed by atoms with E-state index in [2.05, 4.69) is 15.1 Å². The van der Waals surface area contributed by atoms with Gasteiger partial charge < -0.3 is 19.6 Å². The number of carbonyl (C=O) groups is 1. The minimum atomic E-state index is -0.464. The van der Waals surface area contributed by atoms with E-state index in [-0.39, 0.29) is 30.8 Å². The van der Waals surface area contributed by atoms with E-state index in [4.69, 9.17) is 9.57 Å². The summed E-state index contributed by atoms with van der Waals surface area (Å²) in [5, 5.41) is 13.4. The Hall–Kier alpha value is -3.11. The van der Waals surface area contributed by atoms with Crippen LogP contribution in [0.2, 0.25) is 0 Å². The maximum atomic E-state index is 14.4. The minimum Gasteiger partial charge on any atom is -0.465 e. The molecular formula is C21H24FN5O4. The van der Waals surface area contributed by atoms with E-state index in [0.29, 0.717) is 49.9 Å². The molecule has 0 bridgehead atoms. The van der Waals surface area contributed by atoms with Gasteiger partial charge in [0.05, 0.1) is 38.6 Å². The zero-order valence-corrected chi connectivity index (χ0v) is 17.2. The molecule has 2 aliphatic heterocycles. The molecule has 0 atom stereocenters. The van der Waals surface area contributed by atoms with Crippen LogP contribution in [0.25, 0.3) is 11.1 Å². The maximum Gasteiger partial charge on any atom is 0.320 e. The fourth-order valence-corrected chi connectivity index (χ4v) is 3.40. The highest BCUT2D eigenvalue weighted by atomic mass is 19.1. The number of rotatable bonds is 8. The number of ether oxygens (including phenoxy) is 1. The number of carbonyl (C=O) groups excluding carboxylic acids is 1. The van der Waals surface area contributed by atoms with E-state index in [0.717, 1.165) is 5.71 Å². The largest absolute Gasteiger partial charge is 0.465 e. The summed E-state index contributed by atoms with van der Waals surface area (Å²) in [5.41, 5.74) is 2.03. The van der Waals surface area contributed by atoms with Gasteiger partial charge in [0.25, 0.3) is 0 Å². The number of halogens is 1. The van der Waals surface area contributed by atoms with Gasteiger partial charge in [0.15, 0.2) is 6.10 Å². The molecule has 1 aromatic heterocycles. The molecule has 1 N–H and O–H groups in total. The van der Waals surface area contributed by atoms with Gasteiger partial charge in [-0.2, -0.15) is 0 Å². The normalized spacial score (nSPS) is 16.5. The zero-order chi connectivity index (χ0) is 21.8. The number of oxime groups is 1. The van der Waals surface area contributed by atoms with Crippen LogP contribution in [0.1, 0.15) is 12.5 Å². The van der Waals surface area contributed by atoms with E-state index in [1.54, 1.807) is 37.5 Å². The number of anilines is 1. The summed E-state index contributed by atoms with van der Waals surface area (Å²) in [6.07, 6.45) is 3.12. The van der Waals surface area contributed by atoms with E-state index in [9.17, 15) is 14.3 Å². The number of hydrogen-bond donors (Lipinski definition) is 1. The van der Waals surface area contributed by atoms with Crippen LogP contribution >= 0.6 is 0 Å². The third-order valence-electron chi connectivity index (χ3n) is 5.14. The molecule has 10 heteroatoms. The second kappa shape index (κ2) is 9.36. The molecule has 9 nitrogen and oxygen atoms in total. The Morgan fingerprint density at radius 2 is 2.03 bits per heavy atom. The first-order chi connectivity index (χ1) is 15.1. The number of benzene rings is 1. The van der Waals surface area contributed by atoms with Crippen LogP contribution in [-0.2, 0) is 21.0 Å². The third kappa shape index (κ3) is 4.80. The van der Waals surface area contributed by atoms with E-state index in [1.165, 1.54) is 0 Å². The van der Waals surface area contributed by atoms with Crippen molar-refractivity contribution in [3.05, 3.63) is 42.0 Å². The molecule has 0 radical (unpaired) electrons. The summed E-state index contributed by atoms with van der Waals surface area (Å²) in [4.78, 5) is 29.5. The van der Waals surface area contributed by atoms with E-state index in [1.807, 2.05) is 9.80 Å². The van der Waals surface area contributed by atoms with Crippen LogP contribution in [0.5, 0.6) is 0 Å². The van der Waals surface area contributed by atoms with Gasteiger partial charge in [0.2, 0.25) is 5.95 Å². The highest BCUT2D eigenvalue weighted by Crippen LogP contribution is 2.25. The van der Waals surface area contributed by atoms with Crippen molar-refractivity contribution >= 4 is 17.6 Å². The lowest BCUT2D eigenvalue weighted by molar-refractivity contribution is -0.148. The lowest BCUT2D eigenvalue weighted by atomic mass is 10.1. The summed E-state index contributed by atoms with van der Waals surface area (Å²) in [6, 6.07) is 4.86. The first-order valence-corrected chi connectivity index (χ1v) is 10.1. The molecule has 31 heavy (non-hydrogen) atoms.